The van der Waals surface area contributed by atoms with Gasteiger partial charge in [0.25, 0.3) is 0 Å². The summed E-state index contributed by atoms with van der Waals surface area (Å²) in [4.78, 5) is 10.7. The molecule has 1 aromatic carbocycles. The second kappa shape index (κ2) is 5.70. The number of hydrogen-bond donors (Lipinski definition) is 3. The van der Waals surface area contributed by atoms with E-state index in [-0.39, 0.29) is 0 Å². The molecule has 5 heteroatoms. The molecule has 92 valence electrons. The van der Waals surface area contributed by atoms with Crippen molar-refractivity contribution >= 4 is 23.3 Å². The molecule has 0 aliphatic heterocycles. The average molecular weight is 255 g/mol. The average Bonchev–Trinajstić information content (AvgIpc) is 2.28. The van der Waals surface area contributed by atoms with Crippen LogP contribution in [0.5, 0.6) is 0 Å². The molecule has 4 nitrogen and oxygen atoms in total. The molecule has 0 heterocycles. The highest BCUT2D eigenvalue weighted by Crippen LogP contribution is 2.22. The quantitative estimate of drug-likeness (QED) is 0.749. The molecule has 17 heavy (non-hydrogen) atoms. The number of carbonyl (C=O) groups is 1. The smallest absolute Gasteiger partial charge is 0.325 e. The minimum atomic E-state index is -0.944. The maximum atomic E-state index is 10.7. The molecule has 0 radical (unpaired) electrons. The molecule has 1 rings (SSSR count). The number of carboxylic acids is 1. The van der Waals surface area contributed by atoms with Gasteiger partial charge in [0.05, 0.1) is 5.02 Å². The highest BCUT2D eigenvalue weighted by atomic mass is 35.5. The molecular formula is C12H15ClN2O2. The minimum Gasteiger partial charge on any atom is -0.480 e. The topological polar surface area (TPSA) is 75.3 Å². The second-order valence-electron chi connectivity index (χ2n) is 3.70. The van der Waals surface area contributed by atoms with Crippen LogP contribution in [0.25, 0.3) is 5.70 Å². The highest BCUT2D eigenvalue weighted by molar-refractivity contribution is 6.32. The van der Waals surface area contributed by atoms with Gasteiger partial charge < -0.3 is 16.2 Å². The maximum absolute atomic E-state index is 10.7. The number of carboxylic acid groups (broad SMARTS) is 1. The van der Waals surface area contributed by atoms with Gasteiger partial charge in [-0.2, -0.15) is 0 Å². The SMILES string of the molecule is C=C(N[C@@H](C)C(=O)O)c1ccc(CN)cc1Cl. The molecule has 0 fully saturated rings. The Morgan fingerprint density at radius 3 is 2.76 bits per heavy atom. The highest BCUT2D eigenvalue weighted by Gasteiger charge is 2.13. The Kier molecular flexibility index (Phi) is 4.54. The van der Waals surface area contributed by atoms with Crippen LogP contribution >= 0.6 is 11.6 Å². The van der Waals surface area contributed by atoms with E-state index in [1.807, 2.05) is 6.07 Å². The van der Waals surface area contributed by atoms with E-state index in [9.17, 15) is 4.79 Å². The van der Waals surface area contributed by atoms with Gasteiger partial charge in [0.15, 0.2) is 0 Å². The summed E-state index contributed by atoms with van der Waals surface area (Å²) in [6, 6.07) is 4.64. The molecule has 1 atom stereocenters. The molecule has 0 aromatic heterocycles. The minimum absolute atomic E-state index is 0.408. The molecule has 0 aliphatic rings. The fraction of sp³-hybridized carbons (Fsp3) is 0.250. The van der Waals surface area contributed by atoms with Crippen molar-refractivity contribution in [1.29, 1.82) is 0 Å². The van der Waals surface area contributed by atoms with Crippen molar-refractivity contribution in [1.82, 2.24) is 5.32 Å². The fourth-order valence-electron chi connectivity index (χ4n) is 1.33. The van der Waals surface area contributed by atoms with Crippen LogP contribution in [0.4, 0.5) is 0 Å². The molecule has 0 saturated heterocycles. The van der Waals surface area contributed by atoms with Crippen LogP contribution in [0.15, 0.2) is 24.8 Å². The van der Waals surface area contributed by atoms with Gasteiger partial charge in [-0.1, -0.05) is 30.3 Å². The largest absolute Gasteiger partial charge is 0.480 e. The van der Waals surface area contributed by atoms with Crippen LogP contribution in [0.2, 0.25) is 5.02 Å². The van der Waals surface area contributed by atoms with Crippen molar-refractivity contribution in [2.24, 2.45) is 5.73 Å². The van der Waals surface area contributed by atoms with Crippen LogP contribution < -0.4 is 11.1 Å². The van der Waals surface area contributed by atoms with E-state index in [0.29, 0.717) is 22.8 Å². The Labute approximate surface area is 105 Å². The number of halogens is 1. The van der Waals surface area contributed by atoms with Crippen molar-refractivity contribution in [2.75, 3.05) is 0 Å². The van der Waals surface area contributed by atoms with E-state index in [4.69, 9.17) is 22.4 Å². The van der Waals surface area contributed by atoms with Crippen LogP contribution in [-0.2, 0) is 11.3 Å². The van der Waals surface area contributed by atoms with E-state index >= 15 is 0 Å². The first-order valence-electron chi connectivity index (χ1n) is 5.12. The molecule has 0 amide bonds. The summed E-state index contributed by atoms with van der Waals surface area (Å²) >= 11 is 6.06. The molecule has 0 aliphatic carbocycles. The van der Waals surface area contributed by atoms with Gasteiger partial charge in [-0.3, -0.25) is 4.79 Å². The summed E-state index contributed by atoms with van der Waals surface area (Å²) in [7, 11) is 0. The van der Waals surface area contributed by atoms with E-state index in [0.717, 1.165) is 5.56 Å². The predicted molar refractivity (Wildman–Crippen MR) is 68.6 cm³/mol. The lowest BCUT2D eigenvalue weighted by Gasteiger charge is -2.15. The number of hydrogen-bond acceptors (Lipinski definition) is 3. The molecule has 0 saturated carbocycles. The van der Waals surface area contributed by atoms with E-state index in [1.165, 1.54) is 6.92 Å². The monoisotopic (exact) mass is 254 g/mol. The van der Waals surface area contributed by atoms with Gasteiger partial charge in [-0.25, -0.2) is 0 Å². The predicted octanol–water partition coefficient (Wildman–Crippen LogP) is 1.83. The molecular weight excluding hydrogens is 240 g/mol. The van der Waals surface area contributed by atoms with Crippen molar-refractivity contribution in [3.05, 3.63) is 40.9 Å². The zero-order valence-corrected chi connectivity index (χ0v) is 10.3. The lowest BCUT2D eigenvalue weighted by Crippen LogP contribution is -2.32. The first-order valence-corrected chi connectivity index (χ1v) is 5.50. The normalized spacial score (nSPS) is 11.9. The van der Waals surface area contributed by atoms with E-state index in [2.05, 4.69) is 11.9 Å². The maximum Gasteiger partial charge on any atom is 0.325 e. The first-order chi connectivity index (χ1) is 7.95. The summed E-state index contributed by atoms with van der Waals surface area (Å²) in [6.07, 6.45) is 0. The zero-order valence-electron chi connectivity index (χ0n) is 9.53. The number of rotatable bonds is 5. The lowest BCUT2D eigenvalue weighted by atomic mass is 10.1. The zero-order chi connectivity index (χ0) is 13.0. The number of nitrogens with two attached hydrogens (primary N) is 1. The molecule has 0 bridgehead atoms. The fourth-order valence-corrected chi connectivity index (χ4v) is 1.65. The summed E-state index contributed by atoms with van der Waals surface area (Å²) in [5.74, 6) is -0.944. The second-order valence-corrected chi connectivity index (χ2v) is 4.11. The van der Waals surface area contributed by atoms with Crippen LogP contribution in [0.3, 0.4) is 0 Å². The Morgan fingerprint density at radius 1 is 1.65 bits per heavy atom. The third-order valence-corrected chi connectivity index (χ3v) is 2.67. The van der Waals surface area contributed by atoms with Gasteiger partial charge >= 0.3 is 5.97 Å². The van der Waals surface area contributed by atoms with Crippen molar-refractivity contribution in [3.8, 4) is 0 Å². The van der Waals surface area contributed by atoms with Crippen molar-refractivity contribution < 1.29 is 9.90 Å². The summed E-state index contributed by atoms with van der Waals surface area (Å²) in [5, 5.41) is 12.0. The summed E-state index contributed by atoms with van der Waals surface area (Å²) in [6.45, 7) is 5.72. The third kappa shape index (κ3) is 3.47. The number of benzene rings is 1. The van der Waals surface area contributed by atoms with Crippen LogP contribution in [0, 0.1) is 0 Å². The molecule has 0 unspecified atom stereocenters. The Balaban J connectivity index is 2.86. The van der Waals surface area contributed by atoms with Gasteiger partial charge in [0.1, 0.15) is 6.04 Å². The van der Waals surface area contributed by atoms with Crippen LogP contribution in [0.1, 0.15) is 18.1 Å². The molecule has 0 spiro atoms. The molecule has 1 aromatic rings. The Bertz CT molecular complexity index is 446. The van der Waals surface area contributed by atoms with Crippen molar-refractivity contribution in [3.63, 3.8) is 0 Å². The lowest BCUT2D eigenvalue weighted by molar-refractivity contribution is -0.138. The third-order valence-electron chi connectivity index (χ3n) is 2.36. The Morgan fingerprint density at radius 2 is 2.29 bits per heavy atom. The summed E-state index contributed by atoms with van der Waals surface area (Å²) in [5.41, 5.74) is 7.56. The van der Waals surface area contributed by atoms with Gasteiger partial charge in [-0.15, -0.1) is 0 Å². The Hall–Kier alpha value is -1.52. The standard InChI is InChI=1S/C12H15ClN2O2/c1-7(15-8(2)12(16)17)10-4-3-9(6-14)5-11(10)13/h3-5,8,15H,1,6,14H2,2H3,(H,16,17)/t8-/m0/s1. The van der Waals surface area contributed by atoms with E-state index < -0.39 is 12.0 Å². The van der Waals surface area contributed by atoms with Gasteiger partial charge in [-0.05, 0) is 18.6 Å². The van der Waals surface area contributed by atoms with Crippen LogP contribution in [-0.4, -0.2) is 17.1 Å². The number of nitrogens with one attached hydrogen (secondary N) is 1. The van der Waals surface area contributed by atoms with E-state index in [1.54, 1.807) is 12.1 Å². The van der Waals surface area contributed by atoms with Gasteiger partial charge in [0, 0.05) is 17.8 Å². The number of aliphatic carboxylic acids is 1. The molecule has 4 N–H and O–H groups in total. The first kappa shape index (κ1) is 13.5. The van der Waals surface area contributed by atoms with Crippen molar-refractivity contribution in [2.45, 2.75) is 19.5 Å². The van der Waals surface area contributed by atoms with Gasteiger partial charge in [0.2, 0.25) is 0 Å². The summed E-state index contributed by atoms with van der Waals surface area (Å²) < 4.78 is 0.